The summed E-state index contributed by atoms with van der Waals surface area (Å²) in [5, 5.41) is 14.0. The van der Waals surface area contributed by atoms with Gasteiger partial charge in [0.2, 0.25) is 0 Å². The SMILES string of the molecule is N#CCC1(N2CCC(N(NC(=O)C(F)(F)F)[C@@H]3C[C@H]3c3ccccc3)CC2)CNC1. The quantitative estimate of drug-likeness (QED) is 0.689. The first-order valence-electron chi connectivity index (χ1n) is 10.4. The highest BCUT2D eigenvalue weighted by Crippen LogP contribution is 2.46. The summed E-state index contributed by atoms with van der Waals surface area (Å²) >= 11 is 0. The minimum Gasteiger partial charge on any atom is -0.313 e. The van der Waals surface area contributed by atoms with Crippen LogP contribution in [0.5, 0.6) is 0 Å². The van der Waals surface area contributed by atoms with E-state index in [9.17, 15) is 18.0 Å². The molecule has 1 saturated carbocycles. The lowest BCUT2D eigenvalue weighted by Crippen LogP contribution is -2.70. The molecule has 0 bridgehead atoms. The van der Waals surface area contributed by atoms with Gasteiger partial charge in [-0.3, -0.25) is 15.1 Å². The predicted molar refractivity (Wildman–Crippen MR) is 104 cm³/mol. The fourth-order valence-corrected chi connectivity index (χ4v) is 4.81. The Morgan fingerprint density at radius 2 is 1.93 bits per heavy atom. The molecule has 0 aromatic heterocycles. The van der Waals surface area contributed by atoms with E-state index in [-0.39, 0.29) is 23.5 Å². The van der Waals surface area contributed by atoms with Gasteiger partial charge in [-0.05, 0) is 24.8 Å². The number of hydrazine groups is 1. The lowest BCUT2D eigenvalue weighted by Gasteiger charge is -2.52. The number of likely N-dealkylation sites (tertiary alicyclic amines) is 1. The number of nitrogens with one attached hydrogen (secondary N) is 2. The molecule has 162 valence electrons. The summed E-state index contributed by atoms with van der Waals surface area (Å²) in [5.41, 5.74) is 3.10. The monoisotopic (exact) mass is 421 g/mol. The first-order chi connectivity index (χ1) is 14.3. The summed E-state index contributed by atoms with van der Waals surface area (Å²) in [5.74, 6) is -1.79. The van der Waals surface area contributed by atoms with Crippen molar-refractivity contribution in [2.75, 3.05) is 26.2 Å². The second-order valence-corrected chi connectivity index (χ2v) is 8.55. The van der Waals surface area contributed by atoms with Gasteiger partial charge in [0.1, 0.15) is 0 Å². The van der Waals surface area contributed by atoms with Gasteiger partial charge >= 0.3 is 12.1 Å². The molecule has 2 atom stereocenters. The van der Waals surface area contributed by atoms with Gasteiger partial charge in [0, 0.05) is 44.2 Å². The van der Waals surface area contributed by atoms with Crippen molar-refractivity contribution in [2.24, 2.45) is 0 Å². The number of benzene rings is 1. The number of rotatable bonds is 6. The molecule has 1 aliphatic carbocycles. The molecule has 0 unspecified atom stereocenters. The highest BCUT2D eigenvalue weighted by atomic mass is 19.4. The highest BCUT2D eigenvalue weighted by Gasteiger charge is 2.50. The van der Waals surface area contributed by atoms with Gasteiger partial charge in [0.05, 0.1) is 18.0 Å². The van der Waals surface area contributed by atoms with E-state index in [1.54, 1.807) is 5.01 Å². The van der Waals surface area contributed by atoms with Crippen LogP contribution in [-0.2, 0) is 4.79 Å². The summed E-state index contributed by atoms with van der Waals surface area (Å²) in [6.45, 7) is 2.93. The number of carbonyl (C=O) groups is 1. The van der Waals surface area contributed by atoms with Gasteiger partial charge in [-0.15, -0.1) is 0 Å². The molecule has 0 spiro atoms. The second-order valence-electron chi connectivity index (χ2n) is 8.55. The van der Waals surface area contributed by atoms with Gasteiger partial charge in [0.15, 0.2) is 0 Å². The molecule has 2 saturated heterocycles. The van der Waals surface area contributed by atoms with Crippen molar-refractivity contribution in [3.63, 3.8) is 0 Å². The molecule has 1 aromatic carbocycles. The third-order valence-corrected chi connectivity index (χ3v) is 6.67. The van der Waals surface area contributed by atoms with E-state index >= 15 is 0 Å². The third-order valence-electron chi connectivity index (χ3n) is 6.67. The van der Waals surface area contributed by atoms with Gasteiger partial charge in [-0.2, -0.15) is 18.4 Å². The molecule has 4 rings (SSSR count). The highest BCUT2D eigenvalue weighted by molar-refractivity contribution is 5.81. The fourth-order valence-electron chi connectivity index (χ4n) is 4.81. The second kappa shape index (κ2) is 8.17. The molecule has 1 aromatic rings. The summed E-state index contributed by atoms with van der Waals surface area (Å²) in [4.78, 5) is 14.0. The minimum absolute atomic E-state index is 0.124. The van der Waals surface area contributed by atoms with E-state index in [1.807, 2.05) is 30.3 Å². The zero-order chi connectivity index (χ0) is 21.4. The average molecular weight is 421 g/mol. The maximum Gasteiger partial charge on any atom is 0.472 e. The first kappa shape index (κ1) is 21.1. The molecule has 9 heteroatoms. The first-order valence-corrected chi connectivity index (χ1v) is 10.4. The van der Waals surface area contributed by atoms with Crippen LogP contribution in [0.25, 0.3) is 0 Å². The topological polar surface area (TPSA) is 71.4 Å². The van der Waals surface area contributed by atoms with Gasteiger partial charge in [-0.1, -0.05) is 30.3 Å². The molecule has 6 nitrogen and oxygen atoms in total. The predicted octanol–water partition coefficient (Wildman–Crippen LogP) is 2.16. The Morgan fingerprint density at radius 3 is 2.47 bits per heavy atom. The molecule has 2 heterocycles. The lowest BCUT2D eigenvalue weighted by molar-refractivity contribution is -0.180. The number of amides is 1. The number of carbonyl (C=O) groups excluding carboxylic acids is 1. The lowest BCUT2D eigenvalue weighted by atomic mass is 9.84. The summed E-state index contributed by atoms with van der Waals surface area (Å²) < 4.78 is 38.9. The normalized spacial score (nSPS) is 26.6. The Morgan fingerprint density at radius 1 is 1.27 bits per heavy atom. The van der Waals surface area contributed by atoms with Crippen molar-refractivity contribution in [1.82, 2.24) is 20.7 Å². The van der Waals surface area contributed by atoms with Gasteiger partial charge < -0.3 is 5.32 Å². The number of nitrogens with zero attached hydrogens (tertiary/aromatic N) is 3. The Bertz CT molecular complexity index is 797. The Balaban J connectivity index is 1.44. The molecular weight excluding hydrogens is 395 g/mol. The largest absolute Gasteiger partial charge is 0.472 e. The minimum atomic E-state index is -4.91. The van der Waals surface area contributed by atoms with Crippen molar-refractivity contribution >= 4 is 5.91 Å². The van der Waals surface area contributed by atoms with E-state index in [0.29, 0.717) is 32.4 Å². The van der Waals surface area contributed by atoms with E-state index in [1.165, 1.54) is 0 Å². The Labute approximate surface area is 174 Å². The maximum atomic E-state index is 13.0. The van der Waals surface area contributed by atoms with E-state index < -0.39 is 12.1 Å². The molecule has 3 aliphatic rings. The van der Waals surface area contributed by atoms with Crippen molar-refractivity contribution in [3.05, 3.63) is 35.9 Å². The smallest absolute Gasteiger partial charge is 0.313 e. The van der Waals surface area contributed by atoms with Crippen LogP contribution in [0.3, 0.4) is 0 Å². The van der Waals surface area contributed by atoms with Crippen LogP contribution < -0.4 is 10.7 Å². The summed E-state index contributed by atoms with van der Waals surface area (Å²) in [6.07, 6.45) is -2.43. The molecule has 2 N–H and O–H groups in total. The fraction of sp³-hybridized carbons (Fsp3) is 0.619. The zero-order valence-electron chi connectivity index (χ0n) is 16.7. The van der Waals surface area contributed by atoms with E-state index in [4.69, 9.17) is 5.26 Å². The maximum absolute atomic E-state index is 13.0. The molecule has 2 aliphatic heterocycles. The van der Waals surface area contributed by atoms with Crippen molar-refractivity contribution in [1.29, 1.82) is 5.26 Å². The van der Waals surface area contributed by atoms with E-state index in [2.05, 4.69) is 21.7 Å². The van der Waals surface area contributed by atoms with Crippen molar-refractivity contribution in [3.8, 4) is 6.07 Å². The van der Waals surface area contributed by atoms with Crippen LogP contribution in [-0.4, -0.2) is 65.8 Å². The molecule has 3 fully saturated rings. The number of alkyl halides is 3. The van der Waals surface area contributed by atoms with Gasteiger partial charge in [-0.25, -0.2) is 5.01 Å². The number of hydrogen-bond acceptors (Lipinski definition) is 5. The van der Waals surface area contributed by atoms with Crippen LogP contribution in [0.15, 0.2) is 30.3 Å². The van der Waals surface area contributed by atoms with Crippen LogP contribution in [0.1, 0.15) is 37.2 Å². The molecule has 1 amide bonds. The van der Waals surface area contributed by atoms with Crippen LogP contribution in [0.4, 0.5) is 13.2 Å². The summed E-state index contributed by atoms with van der Waals surface area (Å²) in [6, 6.07) is 11.7. The zero-order valence-corrected chi connectivity index (χ0v) is 16.7. The molecule has 0 radical (unpaired) electrons. The van der Waals surface area contributed by atoms with Crippen LogP contribution >= 0.6 is 0 Å². The van der Waals surface area contributed by atoms with Gasteiger partial charge in [0.25, 0.3) is 0 Å². The molecular formula is C21H26F3N5O. The van der Waals surface area contributed by atoms with Crippen molar-refractivity contribution in [2.45, 2.75) is 55.4 Å². The van der Waals surface area contributed by atoms with E-state index in [0.717, 1.165) is 25.1 Å². The van der Waals surface area contributed by atoms with Crippen LogP contribution in [0.2, 0.25) is 0 Å². The summed E-state index contributed by atoms with van der Waals surface area (Å²) in [7, 11) is 0. The van der Waals surface area contributed by atoms with Crippen molar-refractivity contribution < 1.29 is 18.0 Å². The van der Waals surface area contributed by atoms with Crippen LogP contribution in [0, 0.1) is 11.3 Å². The molecule has 30 heavy (non-hydrogen) atoms. The number of piperidine rings is 1. The Kier molecular flexibility index (Phi) is 5.75. The standard InChI is InChI=1S/C21H26F3N5O/c22-21(23,24)19(30)27-29(18-12-17(18)15-4-2-1-3-5-15)16-6-10-28(11-7-16)20(8-9-25)13-26-14-20/h1-5,16-18,26H,6-8,10-14H2,(H,27,30)/t17-,18+/m0/s1. The number of halogens is 3. The number of hydrogen-bond donors (Lipinski definition) is 2. The third kappa shape index (κ3) is 4.17. The number of nitriles is 1. The average Bonchev–Trinajstić information content (AvgIpc) is 3.49. The Hall–Kier alpha value is -2.15.